The van der Waals surface area contributed by atoms with E-state index in [1.807, 2.05) is 12.1 Å². The van der Waals surface area contributed by atoms with Crippen molar-refractivity contribution in [2.75, 3.05) is 5.32 Å². The van der Waals surface area contributed by atoms with Crippen LogP contribution in [0, 0.1) is 18.3 Å². The van der Waals surface area contributed by atoms with Gasteiger partial charge in [0.15, 0.2) is 0 Å². The van der Waals surface area contributed by atoms with Gasteiger partial charge in [-0.3, -0.25) is 4.79 Å². The Morgan fingerprint density at radius 1 is 1.22 bits per heavy atom. The van der Waals surface area contributed by atoms with Crippen LogP contribution in [0.25, 0.3) is 11.4 Å². The van der Waals surface area contributed by atoms with Crippen molar-refractivity contribution < 1.29 is 9.32 Å². The lowest BCUT2D eigenvalue weighted by atomic mass is 10.1. The molecule has 6 nitrogen and oxygen atoms in total. The van der Waals surface area contributed by atoms with Gasteiger partial charge in [-0.15, -0.1) is 0 Å². The summed E-state index contributed by atoms with van der Waals surface area (Å²) < 4.78 is 4.96. The summed E-state index contributed by atoms with van der Waals surface area (Å²) in [7, 11) is 0. The van der Waals surface area contributed by atoms with E-state index in [2.05, 4.69) is 15.5 Å². The maximum Gasteiger partial charge on any atom is 0.255 e. The topological polar surface area (TPSA) is 91.8 Å². The number of rotatable bonds is 3. The molecule has 23 heavy (non-hydrogen) atoms. The number of nitriles is 1. The van der Waals surface area contributed by atoms with E-state index >= 15 is 0 Å². The molecule has 1 heterocycles. The van der Waals surface area contributed by atoms with Crippen molar-refractivity contribution in [3.63, 3.8) is 0 Å². The Morgan fingerprint density at radius 3 is 2.65 bits per heavy atom. The molecule has 1 amide bonds. The van der Waals surface area contributed by atoms with Crippen molar-refractivity contribution in [1.29, 1.82) is 5.26 Å². The van der Waals surface area contributed by atoms with Crippen LogP contribution in [0.1, 0.15) is 21.8 Å². The van der Waals surface area contributed by atoms with Gasteiger partial charge in [0, 0.05) is 23.7 Å². The first kappa shape index (κ1) is 14.5. The Balaban J connectivity index is 1.79. The van der Waals surface area contributed by atoms with E-state index < -0.39 is 0 Å². The van der Waals surface area contributed by atoms with Crippen LogP contribution in [-0.4, -0.2) is 16.0 Å². The fourth-order valence-corrected chi connectivity index (χ4v) is 2.05. The summed E-state index contributed by atoms with van der Waals surface area (Å²) in [4.78, 5) is 16.4. The number of aryl methyl sites for hydroxylation is 1. The first-order valence-electron chi connectivity index (χ1n) is 6.88. The summed E-state index contributed by atoms with van der Waals surface area (Å²) in [6.07, 6.45) is 0. The molecule has 0 saturated carbocycles. The van der Waals surface area contributed by atoms with Gasteiger partial charge >= 0.3 is 0 Å². The Labute approximate surface area is 132 Å². The van der Waals surface area contributed by atoms with Gasteiger partial charge in [0.1, 0.15) is 0 Å². The van der Waals surface area contributed by atoms with Crippen molar-refractivity contribution in [2.24, 2.45) is 0 Å². The SMILES string of the molecule is Cc1nc(-c2cccc(NC(=O)c3ccc(C#N)cc3)c2)no1. The normalized spacial score (nSPS) is 10.1. The zero-order valence-corrected chi connectivity index (χ0v) is 12.3. The summed E-state index contributed by atoms with van der Waals surface area (Å²) in [5.74, 6) is 0.694. The first-order chi connectivity index (χ1) is 11.2. The minimum atomic E-state index is -0.254. The van der Waals surface area contributed by atoms with Crippen LogP contribution in [0.4, 0.5) is 5.69 Å². The summed E-state index contributed by atoms with van der Waals surface area (Å²) in [5.41, 5.74) is 2.36. The lowest BCUT2D eigenvalue weighted by molar-refractivity contribution is 0.102. The average molecular weight is 304 g/mol. The third kappa shape index (κ3) is 3.24. The number of anilines is 1. The maximum atomic E-state index is 12.2. The molecule has 0 aliphatic rings. The van der Waals surface area contributed by atoms with E-state index in [1.54, 1.807) is 49.4 Å². The largest absolute Gasteiger partial charge is 0.339 e. The smallest absolute Gasteiger partial charge is 0.255 e. The van der Waals surface area contributed by atoms with E-state index in [1.165, 1.54) is 0 Å². The first-order valence-corrected chi connectivity index (χ1v) is 6.88. The third-order valence-electron chi connectivity index (χ3n) is 3.18. The lowest BCUT2D eigenvalue weighted by Crippen LogP contribution is -2.11. The van der Waals surface area contributed by atoms with Crippen LogP contribution in [0.15, 0.2) is 53.1 Å². The molecule has 3 rings (SSSR count). The molecule has 0 saturated heterocycles. The maximum absolute atomic E-state index is 12.2. The molecule has 0 spiro atoms. The average Bonchev–Trinajstić information content (AvgIpc) is 3.02. The highest BCUT2D eigenvalue weighted by Gasteiger charge is 2.09. The fraction of sp³-hybridized carbons (Fsp3) is 0.0588. The van der Waals surface area contributed by atoms with Gasteiger partial charge in [-0.2, -0.15) is 10.2 Å². The van der Waals surface area contributed by atoms with Crippen molar-refractivity contribution in [3.05, 3.63) is 65.5 Å². The van der Waals surface area contributed by atoms with Gasteiger partial charge < -0.3 is 9.84 Å². The van der Waals surface area contributed by atoms with Gasteiger partial charge in [0.2, 0.25) is 11.7 Å². The van der Waals surface area contributed by atoms with Crippen LogP contribution in [0.3, 0.4) is 0 Å². The molecule has 6 heteroatoms. The van der Waals surface area contributed by atoms with E-state index in [0.29, 0.717) is 28.5 Å². The van der Waals surface area contributed by atoms with Crippen LogP contribution in [-0.2, 0) is 0 Å². The zero-order chi connectivity index (χ0) is 16.2. The molecule has 0 aliphatic heterocycles. The second-order valence-corrected chi connectivity index (χ2v) is 4.86. The highest BCUT2D eigenvalue weighted by Crippen LogP contribution is 2.20. The Bertz CT molecular complexity index is 891. The molecule has 0 unspecified atom stereocenters. The number of nitrogens with zero attached hydrogens (tertiary/aromatic N) is 3. The molecule has 0 bridgehead atoms. The van der Waals surface area contributed by atoms with Crippen LogP contribution in [0.2, 0.25) is 0 Å². The number of nitrogens with one attached hydrogen (secondary N) is 1. The van der Waals surface area contributed by atoms with Crippen molar-refractivity contribution in [3.8, 4) is 17.5 Å². The Kier molecular flexibility index (Phi) is 3.85. The van der Waals surface area contributed by atoms with Gasteiger partial charge in [-0.05, 0) is 36.4 Å². The summed E-state index contributed by atoms with van der Waals surface area (Å²) in [6.45, 7) is 1.72. The highest BCUT2D eigenvalue weighted by atomic mass is 16.5. The van der Waals surface area contributed by atoms with E-state index in [0.717, 1.165) is 5.56 Å². The summed E-state index contributed by atoms with van der Waals surface area (Å²) in [5, 5.41) is 15.4. The highest BCUT2D eigenvalue weighted by molar-refractivity contribution is 6.04. The number of amides is 1. The molecule has 3 aromatic rings. The number of benzene rings is 2. The number of hydrogen-bond donors (Lipinski definition) is 1. The number of carbonyl (C=O) groups is 1. The number of hydrogen-bond acceptors (Lipinski definition) is 5. The number of aromatic nitrogens is 2. The standard InChI is InChI=1S/C17H12N4O2/c1-11-19-16(21-23-11)14-3-2-4-15(9-14)20-17(22)13-7-5-12(10-18)6-8-13/h2-9H,1H3,(H,20,22). The van der Waals surface area contributed by atoms with E-state index in [4.69, 9.17) is 9.78 Å². The Hall–Kier alpha value is -3.46. The predicted octanol–water partition coefficient (Wildman–Crippen LogP) is 3.17. The van der Waals surface area contributed by atoms with Crippen molar-refractivity contribution in [1.82, 2.24) is 10.1 Å². The van der Waals surface area contributed by atoms with Gasteiger partial charge in [0.25, 0.3) is 5.91 Å². The lowest BCUT2D eigenvalue weighted by Gasteiger charge is -2.06. The van der Waals surface area contributed by atoms with Gasteiger partial charge in [-0.25, -0.2) is 0 Å². The molecule has 112 valence electrons. The molecule has 0 aliphatic carbocycles. The van der Waals surface area contributed by atoms with Crippen LogP contribution in [0.5, 0.6) is 0 Å². The molecule has 0 radical (unpaired) electrons. The predicted molar refractivity (Wildman–Crippen MR) is 83.6 cm³/mol. The minimum absolute atomic E-state index is 0.254. The van der Waals surface area contributed by atoms with E-state index in [9.17, 15) is 4.79 Å². The van der Waals surface area contributed by atoms with E-state index in [-0.39, 0.29) is 5.91 Å². The molecule has 0 atom stereocenters. The molecular formula is C17H12N4O2. The monoisotopic (exact) mass is 304 g/mol. The molecule has 1 aromatic heterocycles. The summed E-state index contributed by atoms with van der Waals surface area (Å²) in [6, 6.07) is 15.6. The second-order valence-electron chi connectivity index (χ2n) is 4.86. The quantitative estimate of drug-likeness (QED) is 0.802. The summed E-state index contributed by atoms with van der Waals surface area (Å²) >= 11 is 0. The molecule has 2 aromatic carbocycles. The zero-order valence-electron chi connectivity index (χ0n) is 12.3. The Morgan fingerprint density at radius 2 is 2.00 bits per heavy atom. The fourth-order valence-electron chi connectivity index (χ4n) is 2.05. The third-order valence-corrected chi connectivity index (χ3v) is 3.18. The van der Waals surface area contributed by atoms with Crippen molar-refractivity contribution >= 4 is 11.6 Å². The van der Waals surface area contributed by atoms with Crippen LogP contribution < -0.4 is 5.32 Å². The number of carbonyl (C=O) groups excluding carboxylic acids is 1. The van der Waals surface area contributed by atoms with Gasteiger partial charge in [0.05, 0.1) is 11.6 Å². The molecule has 1 N–H and O–H groups in total. The molecular weight excluding hydrogens is 292 g/mol. The van der Waals surface area contributed by atoms with Crippen LogP contribution >= 0.6 is 0 Å². The second kappa shape index (κ2) is 6.12. The van der Waals surface area contributed by atoms with Gasteiger partial charge in [-0.1, -0.05) is 17.3 Å². The minimum Gasteiger partial charge on any atom is -0.339 e. The molecule has 0 fully saturated rings. The van der Waals surface area contributed by atoms with Crippen molar-refractivity contribution in [2.45, 2.75) is 6.92 Å².